The van der Waals surface area contributed by atoms with Crippen LogP contribution in [0.3, 0.4) is 0 Å². The predicted octanol–water partition coefficient (Wildman–Crippen LogP) is 3.30. The molecule has 0 atom stereocenters. The maximum absolute atomic E-state index is 12.8. The van der Waals surface area contributed by atoms with Crippen LogP contribution in [0.2, 0.25) is 0 Å². The molecule has 0 amide bonds. The van der Waals surface area contributed by atoms with Gasteiger partial charge >= 0.3 is 11.9 Å². The van der Waals surface area contributed by atoms with Gasteiger partial charge in [-0.05, 0) is 36.6 Å². The molecular weight excluding hydrogens is 360 g/mol. The van der Waals surface area contributed by atoms with E-state index in [2.05, 4.69) is 9.97 Å². The molecule has 0 spiro atoms. The number of nitrogens with one attached hydrogen (secondary N) is 1. The standard InChI is InChI=1S/C21H14N2O5/c1-11-17(20(25)26)18(13-7-3-5-9-16(13)22-11)28-21(27)14-10-12-6-2-4-8-15(12)23-19(14)24/h2-10H,1H3,(H,23,24)(H,25,26). The average molecular weight is 374 g/mol. The topological polar surface area (TPSA) is 109 Å². The number of carbonyl (C=O) groups excluding carboxylic acids is 1. The van der Waals surface area contributed by atoms with Crippen LogP contribution in [0, 0.1) is 6.92 Å². The van der Waals surface area contributed by atoms with Gasteiger partial charge in [0.15, 0.2) is 5.75 Å². The van der Waals surface area contributed by atoms with Gasteiger partial charge in [0.25, 0.3) is 5.56 Å². The Morgan fingerprint density at radius 1 is 1.07 bits per heavy atom. The maximum Gasteiger partial charge on any atom is 0.349 e. The highest BCUT2D eigenvalue weighted by molar-refractivity contribution is 6.03. The van der Waals surface area contributed by atoms with Crippen LogP contribution < -0.4 is 10.3 Å². The van der Waals surface area contributed by atoms with E-state index in [9.17, 15) is 19.5 Å². The molecule has 2 aromatic heterocycles. The highest BCUT2D eigenvalue weighted by Crippen LogP contribution is 2.31. The van der Waals surface area contributed by atoms with E-state index >= 15 is 0 Å². The number of aromatic nitrogens is 2. The molecule has 0 saturated carbocycles. The molecule has 0 bridgehead atoms. The molecule has 0 radical (unpaired) electrons. The summed E-state index contributed by atoms with van der Waals surface area (Å²) in [5, 5.41) is 10.6. The van der Waals surface area contributed by atoms with Crippen molar-refractivity contribution in [2.24, 2.45) is 0 Å². The molecule has 4 aromatic rings. The number of aromatic carboxylic acids is 1. The van der Waals surface area contributed by atoms with Gasteiger partial charge in [0.05, 0.1) is 11.2 Å². The molecule has 0 aliphatic rings. The van der Waals surface area contributed by atoms with Gasteiger partial charge in [-0.3, -0.25) is 9.78 Å². The van der Waals surface area contributed by atoms with Crippen molar-refractivity contribution < 1.29 is 19.4 Å². The molecule has 0 aliphatic heterocycles. The van der Waals surface area contributed by atoms with Gasteiger partial charge in [-0.2, -0.15) is 0 Å². The van der Waals surface area contributed by atoms with Gasteiger partial charge in [0, 0.05) is 10.9 Å². The minimum atomic E-state index is -1.27. The SMILES string of the molecule is Cc1nc2ccccc2c(OC(=O)c2cc3ccccc3[nH]c2=O)c1C(=O)O. The quantitative estimate of drug-likeness (QED) is 0.533. The zero-order valence-electron chi connectivity index (χ0n) is 14.7. The van der Waals surface area contributed by atoms with Crippen molar-refractivity contribution in [2.45, 2.75) is 6.92 Å². The normalized spacial score (nSPS) is 10.9. The van der Waals surface area contributed by atoms with E-state index < -0.39 is 17.5 Å². The number of benzene rings is 2. The first kappa shape index (κ1) is 17.4. The minimum absolute atomic E-state index is 0.131. The number of aromatic amines is 1. The third kappa shape index (κ3) is 2.88. The van der Waals surface area contributed by atoms with Gasteiger partial charge in [-0.25, -0.2) is 9.59 Å². The first-order chi connectivity index (χ1) is 13.5. The van der Waals surface area contributed by atoms with Crippen molar-refractivity contribution in [2.75, 3.05) is 0 Å². The summed E-state index contributed by atoms with van der Waals surface area (Å²) in [5.41, 5.74) is 0.232. The van der Waals surface area contributed by atoms with Crippen LogP contribution in [0.5, 0.6) is 5.75 Å². The number of hydrogen-bond acceptors (Lipinski definition) is 5. The summed E-state index contributed by atoms with van der Waals surface area (Å²) in [6.07, 6.45) is 0. The Balaban J connectivity index is 1.87. The largest absolute Gasteiger partial charge is 0.477 e. The number of carbonyl (C=O) groups is 2. The molecule has 2 aromatic carbocycles. The van der Waals surface area contributed by atoms with E-state index in [-0.39, 0.29) is 22.6 Å². The Labute approximate surface area is 158 Å². The number of hydrogen-bond donors (Lipinski definition) is 2. The lowest BCUT2D eigenvalue weighted by Crippen LogP contribution is -2.22. The first-order valence-electron chi connectivity index (χ1n) is 8.42. The van der Waals surface area contributed by atoms with Crippen molar-refractivity contribution in [3.63, 3.8) is 0 Å². The summed E-state index contributed by atoms with van der Waals surface area (Å²) < 4.78 is 5.44. The predicted molar refractivity (Wildman–Crippen MR) is 103 cm³/mol. The average Bonchev–Trinajstić information content (AvgIpc) is 2.67. The van der Waals surface area contributed by atoms with Gasteiger partial charge in [0.1, 0.15) is 11.1 Å². The molecule has 0 fully saturated rings. The third-order valence-corrected chi connectivity index (χ3v) is 4.41. The molecule has 7 nitrogen and oxygen atoms in total. The molecule has 0 unspecified atom stereocenters. The number of nitrogens with zero attached hydrogens (tertiary/aromatic N) is 1. The summed E-state index contributed by atoms with van der Waals surface area (Å²) >= 11 is 0. The number of carboxylic acid groups (broad SMARTS) is 1. The molecule has 28 heavy (non-hydrogen) atoms. The molecule has 138 valence electrons. The second-order valence-electron chi connectivity index (χ2n) is 6.21. The summed E-state index contributed by atoms with van der Waals surface area (Å²) in [5.74, 6) is -2.34. The molecule has 7 heteroatoms. The molecule has 0 saturated heterocycles. The first-order valence-corrected chi connectivity index (χ1v) is 8.42. The lowest BCUT2D eigenvalue weighted by Gasteiger charge is -2.12. The Morgan fingerprint density at radius 3 is 2.57 bits per heavy atom. The smallest absolute Gasteiger partial charge is 0.349 e. The summed E-state index contributed by atoms with van der Waals surface area (Å²) in [7, 11) is 0. The zero-order chi connectivity index (χ0) is 19.8. The monoisotopic (exact) mass is 374 g/mol. The number of rotatable bonds is 3. The van der Waals surface area contributed by atoms with Crippen molar-refractivity contribution in [1.29, 1.82) is 0 Å². The Bertz CT molecular complexity index is 1320. The van der Waals surface area contributed by atoms with E-state index in [1.54, 1.807) is 48.5 Å². The van der Waals surface area contributed by atoms with E-state index in [4.69, 9.17) is 4.74 Å². The van der Waals surface area contributed by atoms with Crippen LogP contribution in [0.25, 0.3) is 21.8 Å². The fraction of sp³-hybridized carbons (Fsp3) is 0.0476. The fourth-order valence-corrected chi connectivity index (χ4v) is 3.10. The Morgan fingerprint density at radius 2 is 1.79 bits per heavy atom. The lowest BCUT2D eigenvalue weighted by molar-refractivity contribution is 0.0681. The number of carboxylic acids is 1. The van der Waals surface area contributed by atoms with Crippen LogP contribution in [0.15, 0.2) is 59.4 Å². The van der Waals surface area contributed by atoms with Crippen LogP contribution in [-0.4, -0.2) is 27.0 Å². The summed E-state index contributed by atoms with van der Waals surface area (Å²) in [4.78, 5) is 43.7. The highest BCUT2D eigenvalue weighted by atomic mass is 16.5. The number of H-pyrrole nitrogens is 1. The second kappa shape index (κ2) is 6.62. The van der Waals surface area contributed by atoms with E-state index in [1.165, 1.54) is 13.0 Å². The number of ether oxygens (including phenoxy) is 1. The van der Waals surface area contributed by atoms with Crippen molar-refractivity contribution in [3.05, 3.63) is 81.8 Å². The van der Waals surface area contributed by atoms with Gasteiger partial charge in [0.2, 0.25) is 0 Å². The van der Waals surface area contributed by atoms with E-state index in [1.807, 2.05) is 0 Å². The van der Waals surface area contributed by atoms with Crippen LogP contribution in [-0.2, 0) is 0 Å². The maximum atomic E-state index is 12.8. The number of para-hydroxylation sites is 2. The van der Waals surface area contributed by atoms with Crippen molar-refractivity contribution in [3.8, 4) is 5.75 Å². The molecule has 2 heterocycles. The van der Waals surface area contributed by atoms with Gasteiger partial charge in [-0.15, -0.1) is 0 Å². The van der Waals surface area contributed by atoms with Crippen molar-refractivity contribution >= 4 is 33.7 Å². The lowest BCUT2D eigenvalue weighted by atomic mass is 10.1. The fourth-order valence-electron chi connectivity index (χ4n) is 3.10. The van der Waals surface area contributed by atoms with Gasteiger partial charge in [-0.1, -0.05) is 30.3 Å². The molecular formula is C21H14N2O5. The Kier molecular flexibility index (Phi) is 4.12. The minimum Gasteiger partial charge on any atom is -0.477 e. The van der Waals surface area contributed by atoms with Crippen LogP contribution in [0.1, 0.15) is 26.4 Å². The van der Waals surface area contributed by atoms with Crippen LogP contribution in [0.4, 0.5) is 0 Å². The summed E-state index contributed by atoms with van der Waals surface area (Å²) in [6, 6.07) is 15.2. The molecule has 2 N–H and O–H groups in total. The number of pyridine rings is 2. The van der Waals surface area contributed by atoms with Crippen molar-refractivity contribution in [1.82, 2.24) is 9.97 Å². The number of fused-ring (bicyclic) bond motifs is 2. The highest BCUT2D eigenvalue weighted by Gasteiger charge is 2.24. The molecule has 4 rings (SSSR count). The van der Waals surface area contributed by atoms with E-state index in [0.29, 0.717) is 21.8 Å². The number of aryl methyl sites for hydroxylation is 1. The van der Waals surface area contributed by atoms with E-state index in [0.717, 1.165) is 0 Å². The second-order valence-corrected chi connectivity index (χ2v) is 6.21. The molecule has 0 aliphatic carbocycles. The third-order valence-electron chi connectivity index (χ3n) is 4.41. The Hall–Kier alpha value is -4.00. The number of esters is 1. The van der Waals surface area contributed by atoms with Crippen LogP contribution >= 0.6 is 0 Å². The van der Waals surface area contributed by atoms with Gasteiger partial charge < -0.3 is 14.8 Å². The zero-order valence-corrected chi connectivity index (χ0v) is 14.7. The summed E-state index contributed by atoms with van der Waals surface area (Å²) in [6.45, 7) is 1.52.